The highest BCUT2D eigenvalue weighted by atomic mass is 32.1. The lowest BCUT2D eigenvalue weighted by Gasteiger charge is -2.24. The predicted molar refractivity (Wildman–Crippen MR) is 105 cm³/mol. The lowest BCUT2D eigenvalue weighted by molar-refractivity contribution is 0.0762. The standard InChI is InChI=1S/C19H20N6OS/c1-14-12-20-7-4-16(14)24-8-3-9-25(11-10-24)19(26)15-13-27-18(23-15)17-21-5-2-6-22-17/h2,4-7,12-13H,3,8-11H2,1H3. The zero-order valence-electron chi connectivity index (χ0n) is 15.1. The molecule has 3 aromatic rings. The van der Waals surface area contributed by atoms with Crippen LogP contribution in [-0.4, -0.2) is 56.9 Å². The number of carbonyl (C=O) groups excluding carboxylic acids is 1. The third-order valence-electron chi connectivity index (χ3n) is 4.59. The maximum Gasteiger partial charge on any atom is 0.273 e. The Labute approximate surface area is 161 Å². The average molecular weight is 380 g/mol. The summed E-state index contributed by atoms with van der Waals surface area (Å²) in [7, 11) is 0. The van der Waals surface area contributed by atoms with E-state index in [2.05, 4.69) is 31.8 Å². The normalized spacial score (nSPS) is 14.9. The SMILES string of the molecule is Cc1cnccc1N1CCCN(C(=O)c2csc(-c3ncccn3)n2)CC1. The summed E-state index contributed by atoms with van der Waals surface area (Å²) in [5.41, 5.74) is 2.82. The molecule has 0 atom stereocenters. The van der Waals surface area contributed by atoms with Crippen molar-refractivity contribution in [2.75, 3.05) is 31.1 Å². The van der Waals surface area contributed by atoms with Gasteiger partial charge in [0.1, 0.15) is 5.69 Å². The van der Waals surface area contributed by atoms with Gasteiger partial charge >= 0.3 is 0 Å². The Kier molecular flexibility index (Phi) is 5.06. The van der Waals surface area contributed by atoms with E-state index in [0.717, 1.165) is 31.6 Å². The van der Waals surface area contributed by atoms with E-state index in [9.17, 15) is 4.79 Å². The van der Waals surface area contributed by atoms with Crippen molar-refractivity contribution < 1.29 is 4.79 Å². The van der Waals surface area contributed by atoms with Crippen LogP contribution in [0.4, 0.5) is 5.69 Å². The minimum Gasteiger partial charge on any atom is -0.369 e. The summed E-state index contributed by atoms with van der Waals surface area (Å²) in [6.45, 7) is 5.20. The van der Waals surface area contributed by atoms with Crippen LogP contribution in [0.3, 0.4) is 0 Å². The van der Waals surface area contributed by atoms with Crippen molar-refractivity contribution >= 4 is 22.9 Å². The summed E-state index contributed by atoms with van der Waals surface area (Å²) in [5, 5.41) is 2.46. The summed E-state index contributed by atoms with van der Waals surface area (Å²) in [4.78, 5) is 34.2. The van der Waals surface area contributed by atoms with Gasteiger partial charge in [-0.2, -0.15) is 0 Å². The molecule has 0 aromatic carbocycles. The van der Waals surface area contributed by atoms with Crippen LogP contribution in [0.5, 0.6) is 0 Å². The molecule has 0 spiro atoms. The molecule has 3 aromatic heterocycles. The molecule has 1 amide bonds. The Morgan fingerprint density at radius 2 is 1.96 bits per heavy atom. The first kappa shape index (κ1) is 17.5. The largest absolute Gasteiger partial charge is 0.369 e. The fraction of sp³-hybridized carbons (Fsp3) is 0.316. The second-order valence-corrected chi connectivity index (χ2v) is 7.26. The van der Waals surface area contributed by atoms with Crippen LogP contribution in [0.15, 0.2) is 42.3 Å². The molecule has 0 N–H and O–H groups in total. The maximum atomic E-state index is 12.9. The van der Waals surface area contributed by atoms with Gasteiger partial charge in [0, 0.05) is 62.0 Å². The predicted octanol–water partition coefficient (Wildman–Crippen LogP) is 2.66. The number of aromatic nitrogens is 4. The number of aryl methyl sites for hydroxylation is 1. The summed E-state index contributed by atoms with van der Waals surface area (Å²) >= 11 is 1.40. The van der Waals surface area contributed by atoms with Gasteiger partial charge in [0.05, 0.1) is 0 Å². The van der Waals surface area contributed by atoms with Crippen molar-refractivity contribution in [3.8, 4) is 10.8 Å². The van der Waals surface area contributed by atoms with E-state index >= 15 is 0 Å². The highest BCUT2D eigenvalue weighted by Gasteiger charge is 2.23. The van der Waals surface area contributed by atoms with Gasteiger partial charge < -0.3 is 9.80 Å². The fourth-order valence-corrected chi connectivity index (χ4v) is 3.97. The summed E-state index contributed by atoms with van der Waals surface area (Å²) < 4.78 is 0. The van der Waals surface area contributed by atoms with Gasteiger partial charge in [-0.05, 0) is 31.0 Å². The lowest BCUT2D eigenvalue weighted by atomic mass is 10.2. The zero-order chi connectivity index (χ0) is 18.6. The average Bonchev–Trinajstić information content (AvgIpc) is 3.07. The Bertz CT molecular complexity index is 929. The third kappa shape index (κ3) is 3.80. The van der Waals surface area contributed by atoms with Gasteiger partial charge in [0.25, 0.3) is 5.91 Å². The molecule has 8 heteroatoms. The quantitative estimate of drug-likeness (QED) is 0.695. The van der Waals surface area contributed by atoms with E-state index in [4.69, 9.17) is 0 Å². The van der Waals surface area contributed by atoms with Crippen molar-refractivity contribution in [3.05, 3.63) is 53.6 Å². The molecule has 0 saturated carbocycles. The van der Waals surface area contributed by atoms with Crippen LogP contribution in [0, 0.1) is 6.92 Å². The first-order valence-electron chi connectivity index (χ1n) is 8.90. The Morgan fingerprint density at radius 1 is 1.11 bits per heavy atom. The molecular formula is C19H20N6OS. The Hall–Kier alpha value is -2.87. The van der Waals surface area contributed by atoms with Crippen molar-refractivity contribution in [1.29, 1.82) is 0 Å². The molecule has 1 saturated heterocycles. The first-order chi connectivity index (χ1) is 13.2. The van der Waals surface area contributed by atoms with E-state index in [0.29, 0.717) is 23.1 Å². The molecule has 4 rings (SSSR count). The number of hydrogen-bond acceptors (Lipinski definition) is 7. The van der Waals surface area contributed by atoms with E-state index in [-0.39, 0.29) is 5.91 Å². The fourth-order valence-electron chi connectivity index (χ4n) is 3.23. The zero-order valence-corrected chi connectivity index (χ0v) is 15.9. The molecular weight excluding hydrogens is 360 g/mol. The van der Waals surface area contributed by atoms with Gasteiger partial charge in [-0.25, -0.2) is 15.0 Å². The first-order valence-corrected chi connectivity index (χ1v) is 9.78. The van der Waals surface area contributed by atoms with E-state index in [1.54, 1.807) is 23.8 Å². The molecule has 27 heavy (non-hydrogen) atoms. The van der Waals surface area contributed by atoms with Crippen LogP contribution < -0.4 is 4.90 Å². The molecule has 1 fully saturated rings. The van der Waals surface area contributed by atoms with Gasteiger partial charge in [-0.1, -0.05) is 0 Å². The summed E-state index contributed by atoms with van der Waals surface area (Å²) in [6, 6.07) is 3.80. The van der Waals surface area contributed by atoms with E-state index in [1.165, 1.54) is 17.0 Å². The Balaban J connectivity index is 1.46. The number of anilines is 1. The molecule has 0 aliphatic carbocycles. The molecule has 138 valence electrons. The maximum absolute atomic E-state index is 12.9. The molecule has 0 bridgehead atoms. The second-order valence-electron chi connectivity index (χ2n) is 6.41. The minimum absolute atomic E-state index is 0.0262. The molecule has 7 nitrogen and oxygen atoms in total. The highest BCUT2D eigenvalue weighted by Crippen LogP contribution is 2.23. The van der Waals surface area contributed by atoms with Crippen molar-refractivity contribution in [3.63, 3.8) is 0 Å². The van der Waals surface area contributed by atoms with Crippen LogP contribution in [0.1, 0.15) is 22.5 Å². The molecule has 4 heterocycles. The van der Waals surface area contributed by atoms with Crippen LogP contribution in [0.25, 0.3) is 10.8 Å². The van der Waals surface area contributed by atoms with Gasteiger partial charge in [-0.3, -0.25) is 9.78 Å². The van der Waals surface area contributed by atoms with Gasteiger partial charge in [0.15, 0.2) is 10.8 Å². The number of rotatable bonds is 3. The number of amides is 1. The van der Waals surface area contributed by atoms with E-state index < -0.39 is 0 Å². The highest BCUT2D eigenvalue weighted by molar-refractivity contribution is 7.13. The summed E-state index contributed by atoms with van der Waals surface area (Å²) in [6.07, 6.45) is 7.97. The smallest absolute Gasteiger partial charge is 0.273 e. The number of thiazole rings is 1. The minimum atomic E-state index is -0.0262. The summed E-state index contributed by atoms with van der Waals surface area (Å²) in [5.74, 6) is 0.526. The van der Waals surface area contributed by atoms with Crippen molar-refractivity contribution in [1.82, 2.24) is 24.8 Å². The van der Waals surface area contributed by atoms with Gasteiger partial charge in [0.2, 0.25) is 0 Å². The molecule has 0 unspecified atom stereocenters. The molecule has 1 aliphatic rings. The van der Waals surface area contributed by atoms with Crippen LogP contribution in [-0.2, 0) is 0 Å². The third-order valence-corrected chi connectivity index (χ3v) is 5.43. The molecule has 0 radical (unpaired) electrons. The Morgan fingerprint density at radius 3 is 2.78 bits per heavy atom. The van der Waals surface area contributed by atoms with E-state index in [1.807, 2.05) is 23.4 Å². The monoisotopic (exact) mass is 380 g/mol. The number of carbonyl (C=O) groups is 1. The van der Waals surface area contributed by atoms with Crippen LogP contribution >= 0.6 is 11.3 Å². The second kappa shape index (κ2) is 7.79. The van der Waals surface area contributed by atoms with Crippen molar-refractivity contribution in [2.45, 2.75) is 13.3 Å². The van der Waals surface area contributed by atoms with Crippen molar-refractivity contribution in [2.24, 2.45) is 0 Å². The van der Waals surface area contributed by atoms with Crippen LogP contribution in [0.2, 0.25) is 0 Å². The number of pyridine rings is 1. The topological polar surface area (TPSA) is 75.1 Å². The van der Waals surface area contributed by atoms with Gasteiger partial charge in [-0.15, -0.1) is 11.3 Å². The number of hydrogen-bond donors (Lipinski definition) is 0. The lowest BCUT2D eigenvalue weighted by Crippen LogP contribution is -2.35. The number of nitrogens with zero attached hydrogens (tertiary/aromatic N) is 6. The molecule has 1 aliphatic heterocycles.